The van der Waals surface area contributed by atoms with Crippen LogP contribution in [0, 0.1) is 0 Å². The average molecular weight is 719 g/mol. The predicted molar refractivity (Wildman–Crippen MR) is 236 cm³/mol. The van der Waals surface area contributed by atoms with E-state index in [1.807, 2.05) is 0 Å². The molecule has 0 amide bonds. The van der Waals surface area contributed by atoms with E-state index in [-0.39, 0.29) is 10.8 Å². The van der Waals surface area contributed by atoms with Crippen molar-refractivity contribution in [3.8, 4) is 39.1 Å². The molecule has 0 unspecified atom stereocenters. The van der Waals surface area contributed by atoms with Crippen molar-refractivity contribution in [2.45, 2.75) is 38.5 Å². The van der Waals surface area contributed by atoms with Crippen molar-refractivity contribution in [1.29, 1.82) is 0 Å². The molecule has 11 rings (SSSR count). The van der Waals surface area contributed by atoms with Gasteiger partial charge in [-0.15, -0.1) is 0 Å². The van der Waals surface area contributed by atoms with Crippen LogP contribution in [-0.2, 0) is 10.8 Å². The first-order valence-corrected chi connectivity index (χ1v) is 19.8. The standard InChI is InChI=1S/C54H42N2/c1-53(2)45-20-11-8-17-40(45)41-32-30-39(34-48(41)53)55(37-15-6-5-7-16-37)38-28-25-35(26-29-38)36-27-31-44-47(33-36)54(3,4)46-21-14-24-51(52(44)46)56-49-22-12-9-18-42(49)43-19-10-13-23-50(43)56/h5-34H,1-4H3. The third kappa shape index (κ3) is 4.62. The summed E-state index contributed by atoms with van der Waals surface area (Å²) in [6, 6.07) is 67.4. The second-order valence-corrected chi connectivity index (χ2v) is 16.6. The Balaban J connectivity index is 0.993. The maximum absolute atomic E-state index is 2.47. The minimum absolute atomic E-state index is 0.0701. The lowest BCUT2D eigenvalue weighted by molar-refractivity contribution is 0.660. The molecular weight excluding hydrogens is 677 g/mol. The fraction of sp³-hybridized carbons (Fsp3) is 0.111. The summed E-state index contributed by atoms with van der Waals surface area (Å²) in [5.74, 6) is 0. The van der Waals surface area contributed by atoms with Crippen LogP contribution in [0.4, 0.5) is 17.1 Å². The second kappa shape index (κ2) is 11.9. The maximum atomic E-state index is 2.47. The quantitative estimate of drug-likeness (QED) is 0.172. The van der Waals surface area contributed by atoms with Gasteiger partial charge in [0.1, 0.15) is 0 Å². The fourth-order valence-corrected chi connectivity index (χ4v) is 9.98. The van der Waals surface area contributed by atoms with E-state index in [0.29, 0.717) is 0 Å². The van der Waals surface area contributed by atoms with Crippen molar-refractivity contribution in [1.82, 2.24) is 4.57 Å². The maximum Gasteiger partial charge on any atom is 0.0543 e. The third-order valence-corrected chi connectivity index (χ3v) is 12.8. The largest absolute Gasteiger partial charge is 0.310 e. The van der Waals surface area contributed by atoms with Gasteiger partial charge >= 0.3 is 0 Å². The van der Waals surface area contributed by atoms with E-state index in [4.69, 9.17) is 0 Å². The number of para-hydroxylation sites is 3. The number of anilines is 3. The van der Waals surface area contributed by atoms with Gasteiger partial charge in [-0.2, -0.15) is 0 Å². The Morgan fingerprint density at radius 1 is 0.375 bits per heavy atom. The van der Waals surface area contributed by atoms with Gasteiger partial charge in [-0.3, -0.25) is 0 Å². The van der Waals surface area contributed by atoms with Crippen LogP contribution in [0.15, 0.2) is 182 Å². The molecule has 0 spiro atoms. The van der Waals surface area contributed by atoms with E-state index in [1.165, 1.54) is 88.8 Å². The lowest BCUT2D eigenvalue weighted by Gasteiger charge is -2.28. The van der Waals surface area contributed by atoms with E-state index in [0.717, 1.165) is 11.4 Å². The minimum Gasteiger partial charge on any atom is -0.310 e. The van der Waals surface area contributed by atoms with E-state index in [9.17, 15) is 0 Å². The lowest BCUT2D eigenvalue weighted by Crippen LogP contribution is -2.16. The molecule has 2 heteroatoms. The van der Waals surface area contributed by atoms with Crippen molar-refractivity contribution in [2.24, 2.45) is 0 Å². The molecule has 1 heterocycles. The first kappa shape index (κ1) is 32.8. The Morgan fingerprint density at radius 2 is 0.911 bits per heavy atom. The second-order valence-electron chi connectivity index (χ2n) is 16.6. The van der Waals surface area contributed by atoms with Gasteiger partial charge < -0.3 is 9.47 Å². The molecule has 8 aromatic carbocycles. The topological polar surface area (TPSA) is 8.17 Å². The molecule has 0 fully saturated rings. The molecule has 2 nitrogen and oxygen atoms in total. The molecular formula is C54H42N2. The van der Waals surface area contributed by atoms with Crippen LogP contribution in [0.1, 0.15) is 49.9 Å². The summed E-state index contributed by atoms with van der Waals surface area (Å²) in [6.45, 7) is 9.47. The zero-order chi connectivity index (χ0) is 37.8. The van der Waals surface area contributed by atoms with Gasteiger partial charge in [0.25, 0.3) is 0 Å². The van der Waals surface area contributed by atoms with Crippen LogP contribution in [-0.4, -0.2) is 4.57 Å². The zero-order valence-corrected chi connectivity index (χ0v) is 32.2. The highest BCUT2D eigenvalue weighted by molar-refractivity contribution is 6.10. The van der Waals surface area contributed by atoms with Crippen molar-refractivity contribution >= 4 is 38.9 Å². The predicted octanol–water partition coefficient (Wildman–Crippen LogP) is 14.5. The Hall–Kier alpha value is -6.64. The first-order chi connectivity index (χ1) is 27.3. The smallest absolute Gasteiger partial charge is 0.0543 e. The summed E-state index contributed by atoms with van der Waals surface area (Å²) in [5.41, 5.74) is 20.2. The monoisotopic (exact) mass is 718 g/mol. The van der Waals surface area contributed by atoms with Crippen molar-refractivity contribution < 1.29 is 0 Å². The highest BCUT2D eigenvalue weighted by Gasteiger charge is 2.38. The minimum atomic E-state index is -0.152. The van der Waals surface area contributed by atoms with Crippen molar-refractivity contribution in [3.05, 3.63) is 204 Å². The number of aromatic nitrogens is 1. The SMILES string of the molecule is CC1(C)c2ccccc2-c2ccc(N(c3ccccc3)c3ccc(-c4ccc5c(c4)C(C)(C)c4cccc(-n6c7ccccc7c7ccccc76)c4-5)cc3)cc21. The summed E-state index contributed by atoms with van der Waals surface area (Å²) >= 11 is 0. The van der Waals surface area contributed by atoms with Crippen LogP contribution in [0.5, 0.6) is 0 Å². The van der Waals surface area contributed by atoms with Gasteiger partial charge in [-0.05, 0) is 111 Å². The molecule has 0 saturated carbocycles. The first-order valence-electron chi connectivity index (χ1n) is 19.8. The number of rotatable bonds is 5. The number of nitrogens with zero attached hydrogens (tertiary/aromatic N) is 2. The van der Waals surface area contributed by atoms with Crippen LogP contribution in [0.3, 0.4) is 0 Å². The summed E-state index contributed by atoms with van der Waals surface area (Å²) in [7, 11) is 0. The molecule has 2 aliphatic rings. The molecule has 0 N–H and O–H groups in total. The van der Waals surface area contributed by atoms with E-state index in [1.54, 1.807) is 0 Å². The Kier molecular flexibility index (Phi) is 6.98. The van der Waals surface area contributed by atoms with Crippen molar-refractivity contribution in [2.75, 3.05) is 4.90 Å². The van der Waals surface area contributed by atoms with Gasteiger partial charge in [0.15, 0.2) is 0 Å². The van der Waals surface area contributed by atoms with Crippen LogP contribution < -0.4 is 4.90 Å². The third-order valence-electron chi connectivity index (χ3n) is 12.8. The summed E-state index contributed by atoms with van der Waals surface area (Å²) < 4.78 is 2.47. The zero-order valence-electron chi connectivity index (χ0n) is 32.2. The van der Waals surface area contributed by atoms with Gasteiger partial charge in [0, 0.05) is 44.2 Å². The molecule has 268 valence electrons. The van der Waals surface area contributed by atoms with E-state index < -0.39 is 0 Å². The highest BCUT2D eigenvalue weighted by atomic mass is 15.1. The number of hydrogen-bond acceptors (Lipinski definition) is 1. The average Bonchev–Trinajstić information content (AvgIpc) is 3.78. The molecule has 0 atom stereocenters. The summed E-state index contributed by atoms with van der Waals surface area (Å²) in [6.07, 6.45) is 0. The lowest BCUT2D eigenvalue weighted by atomic mass is 9.81. The van der Waals surface area contributed by atoms with E-state index >= 15 is 0 Å². The number of hydrogen-bond donors (Lipinski definition) is 0. The summed E-state index contributed by atoms with van der Waals surface area (Å²) in [5, 5.41) is 2.57. The number of fused-ring (bicyclic) bond motifs is 9. The molecule has 9 aromatic rings. The van der Waals surface area contributed by atoms with Gasteiger partial charge in [-0.25, -0.2) is 0 Å². The van der Waals surface area contributed by atoms with Crippen LogP contribution in [0.25, 0.3) is 60.9 Å². The van der Waals surface area contributed by atoms with Gasteiger partial charge in [0.2, 0.25) is 0 Å². The summed E-state index contributed by atoms with van der Waals surface area (Å²) in [4.78, 5) is 2.39. The molecule has 0 aliphatic heterocycles. The Labute approximate surface area is 328 Å². The van der Waals surface area contributed by atoms with E-state index in [2.05, 4.69) is 219 Å². The molecule has 0 saturated heterocycles. The van der Waals surface area contributed by atoms with Crippen LogP contribution in [0.2, 0.25) is 0 Å². The molecule has 0 bridgehead atoms. The molecule has 0 radical (unpaired) electrons. The Morgan fingerprint density at radius 3 is 1.66 bits per heavy atom. The molecule has 1 aromatic heterocycles. The number of benzene rings is 8. The van der Waals surface area contributed by atoms with Crippen LogP contribution >= 0.6 is 0 Å². The normalized spacial score (nSPS) is 14.4. The fourth-order valence-electron chi connectivity index (χ4n) is 9.98. The van der Waals surface area contributed by atoms with Gasteiger partial charge in [-0.1, -0.05) is 149 Å². The van der Waals surface area contributed by atoms with Crippen molar-refractivity contribution in [3.63, 3.8) is 0 Å². The Bertz CT molecular complexity index is 2960. The van der Waals surface area contributed by atoms with Gasteiger partial charge in [0.05, 0.1) is 16.7 Å². The highest BCUT2D eigenvalue weighted by Crippen LogP contribution is 2.53. The molecule has 56 heavy (non-hydrogen) atoms. The molecule has 2 aliphatic carbocycles.